The van der Waals surface area contributed by atoms with Crippen molar-refractivity contribution in [2.24, 2.45) is 23.2 Å². The summed E-state index contributed by atoms with van der Waals surface area (Å²) in [7, 11) is 0. The first-order chi connectivity index (χ1) is 8.87. The van der Waals surface area contributed by atoms with E-state index in [4.69, 9.17) is 4.74 Å². The number of carbonyl (C=O) groups is 1. The highest BCUT2D eigenvalue weighted by atomic mass is 16.6. The zero-order chi connectivity index (χ0) is 13.9. The minimum Gasteiger partial charge on any atom is -0.461 e. The fraction of sp³-hybridized carbons (Fsp3) is 0.800. The summed E-state index contributed by atoms with van der Waals surface area (Å²) < 4.78 is 5.56. The maximum Gasteiger partial charge on any atom is 0.309 e. The molecule has 106 valence electrons. The number of carbonyl (C=O) groups excluding carboxylic acids is 1. The number of esters is 1. The molecule has 2 N–H and O–H groups in total. The van der Waals surface area contributed by atoms with E-state index in [0.717, 1.165) is 12.0 Å². The Bertz CT molecular complexity index is 432. The van der Waals surface area contributed by atoms with Gasteiger partial charge in [-0.25, -0.2) is 0 Å². The van der Waals surface area contributed by atoms with Gasteiger partial charge in [-0.15, -0.1) is 0 Å². The molecule has 3 fully saturated rings. The van der Waals surface area contributed by atoms with Crippen LogP contribution in [0.25, 0.3) is 0 Å². The average molecular weight is 266 g/mol. The summed E-state index contributed by atoms with van der Waals surface area (Å²) >= 11 is 0. The van der Waals surface area contributed by atoms with Crippen LogP contribution in [0.4, 0.5) is 0 Å². The number of aliphatic hydroxyl groups is 2. The Balaban J connectivity index is 2.03. The lowest BCUT2D eigenvalue weighted by Crippen LogP contribution is -2.60. The van der Waals surface area contributed by atoms with Crippen LogP contribution in [-0.4, -0.2) is 34.5 Å². The molecule has 1 aliphatic heterocycles. The van der Waals surface area contributed by atoms with E-state index in [-0.39, 0.29) is 29.8 Å². The highest BCUT2D eigenvalue weighted by Gasteiger charge is 2.62. The van der Waals surface area contributed by atoms with Crippen molar-refractivity contribution >= 4 is 5.97 Å². The molecule has 3 rings (SSSR count). The van der Waals surface area contributed by atoms with Crippen LogP contribution >= 0.6 is 0 Å². The topological polar surface area (TPSA) is 66.8 Å². The van der Waals surface area contributed by atoms with Crippen molar-refractivity contribution in [1.82, 2.24) is 0 Å². The lowest BCUT2D eigenvalue weighted by atomic mass is 9.52. The molecule has 0 amide bonds. The summed E-state index contributed by atoms with van der Waals surface area (Å²) in [5.74, 6) is -0.433. The van der Waals surface area contributed by atoms with Crippen LogP contribution in [0, 0.1) is 23.2 Å². The highest BCUT2D eigenvalue weighted by Crippen LogP contribution is 2.57. The molecular weight excluding hydrogens is 244 g/mol. The van der Waals surface area contributed by atoms with Crippen molar-refractivity contribution in [3.05, 3.63) is 12.2 Å². The van der Waals surface area contributed by atoms with Crippen LogP contribution in [0.2, 0.25) is 0 Å². The first-order valence-electron chi connectivity index (χ1n) is 7.11. The molecule has 0 spiro atoms. The van der Waals surface area contributed by atoms with Gasteiger partial charge in [0.2, 0.25) is 0 Å². The standard InChI is InChI=1S/C15H22O4/c1-7-4-5-10(16)15(3)11(17)6-9-8(2)14(18)19-13(9)12(7)15/h8-13,16-17H,1,4-6H2,2-3H3/t8-,9-,10+,11-,12?,13-,15+/m0/s1. The van der Waals surface area contributed by atoms with Crippen LogP contribution < -0.4 is 0 Å². The smallest absolute Gasteiger partial charge is 0.309 e. The van der Waals surface area contributed by atoms with Gasteiger partial charge in [0.1, 0.15) is 6.10 Å². The number of fused-ring (bicyclic) bond motifs is 3. The zero-order valence-electron chi connectivity index (χ0n) is 11.5. The van der Waals surface area contributed by atoms with Crippen molar-refractivity contribution in [3.8, 4) is 0 Å². The van der Waals surface area contributed by atoms with E-state index >= 15 is 0 Å². The van der Waals surface area contributed by atoms with E-state index in [1.807, 2.05) is 13.8 Å². The summed E-state index contributed by atoms with van der Waals surface area (Å²) in [6, 6.07) is 0. The molecule has 0 aromatic heterocycles. The van der Waals surface area contributed by atoms with Crippen molar-refractivity contribution in [2.75, 3.05) is 0 Å². The minimum absolute atomic E-state index is 0.0441. The van der Waals surface area contributed by atoms with E-state index in [2.05, 4.69) is 6.58 Å². The molecule has 2 aliphatic carbocycles. The van der Waals surface area contributed by atoms with Gasteiger partial charge in [0.25, 0.3) is 0 Å². The molecule has 2 saturated carbocycles. The Morgan fingerprint density at radius 3 is 2.74 bits per heavy atom. The summed E-state index contributed by atoms with van der Waals surface area (Å²) in [6.45, 7) is 7.88. The number of hydrogen-bond donors (Lipinski definition) is 2. The molecule has 1 saturated heterocycles. The third-order valence-electron chi connectivity index (χ3n) is 5.80. The quantitative estimate of drug-likeness (QED) is 0.512. The Kier molecular flexibility index (Phi) is 2.81. The van der Waals surface area contributed by atoms with Gasteiger partial charge in [-0.3, -0.25) is 4.79 Å². The van der Waals surface area contributed by atoms with E-state index in [1.165, 1.54) is 0 Å². The molecular formula is C15H22O4. The molecule has 3 aliphatic rings. The molecule has 1 heterocycles. The number of hydrogen-bond acceptors (Lipinski definition) is 4. The van der Waals surface area contributed by atoms with Gasteiger partial charge in [0, 0.05) is 17.3 Å². The molecule has 1 unspecified atom stereocenters. The largest absolute Gasteiger partial charge is 0.461 e. The predicted octanol–water partition coefficient (Wildman–Crippen LogP) is 1.26. The summed E-state index contributed by atoms with van der Waals surface area (Å²) in [6.07, 6.45) is 0.497. The van der Waals surface area contributed by atoms with E-state index < -0.39 is 17.6 Å². The van der Waals surface area contributed by atoms with Crippen molar-refractivity contribution in [2.45, 2.75) is 51.4 Å². The van der Waals surface area contributed by atoms with E-state index in [1.54, 1.807) is 0 Å². The van der Waals surface area contributed by atoms with Crippen LogP contribution in [0.1, 0.15) is 33.1 Å². The van der Waals surface area contributed by atoms with Gasteiger partial charge in [0.05, 0.1) is 18.1 Å². The van der Waals surface area contributed by atoms with Crippen LogP contribution in [0.3, 0.4) is 0 Å². The van der Waals surface area contributed by atoms with E-state index in [9.17, 15) is 15.0 Å². The molecule has 19 heavy (non-hydrogen) atoms. The predicted molar refractivity (Wildman–Crippen MR) is 69.1 cm³/mol. The maximum absolute atomic E-state index is 11.8. The fourth-order valence-corrected chi connectivity index (χ4v) is 4.40. The Morgan fingerprint density at radius 2 is 2.05 bits per heavy atom. The molecule has 0 bridgehead atoms. The SMILES string of the molecule is C=C1CC[C@@H](O)[C@@]2(C)C1[C@H]1OC(=O)[C@@H](C)[C@@H]1C[C@@H]2O. The van der Waals surface area contributed by atoms with Crippen LogP contribution in [-0.2, 0) is 9.53 Å². The van der Waals surface area contributed by atoms with Crippen LogP contribution in [0.15, 0.2) is 12.2 Å². The molecule has 4 nitrogen and oxygen atoms in total. The average Bonchev–Trinajstić information content (AvgIpc) is 2.62. The summed E-state index contributed by atoms with van der Waals surface area (Å²) in [4.78, 5) is 11.8. The maximum atomic E-state index is 11.8. The highest BCUT2D eigenvalue weighted by molar-refractivity contribution is 5.75. The monoisotopic (exact) mass is 266 g/mol. The molecule has 0 aromatic carbocycles. The Morgan fingerprint density at radius 1 is 1.37 bits per heavy atom. The van der Waals surface area contributed by atoms with Gasteiger partial charge in [-0.2, -0.15) is 0 Å². The number of ether oxygens (including phenoxy) is 1. The van der Waals surface area contributed by atoms with Crippen LogP contribution in [0.5, 0.6) is 0 Å². The van der Waals surface area contributed by atoms with E-state index in [0.29, 0.717) is 12.8 Å². The van der Waals surface area contributed by atoms with Crippen molar-refractivity contribution in [3.63, 3.8) is 0 Å². The van der Waals surface area contributed by atoms with Gasteiger partial charge < -0.3 is 14.9 Å². The van der Waals surface area contributed by atoms with Crippen molar-refractivity contribution < 1.29 is 19.7 Å². The first kappa shape index (κ1) is 13.1. The van der Waals surface area contributed by atoms with Gasteiger partial charge in [0.15, 0.2) is 0 Å². The lowest BCUT2D eigenvalue weighted by molar-refractivity contribution is -0.175. The molecule has 0 aromatic rings. The summed E-state index contributed by atoms with van der Waals surface area (Å²) in [5, 5.41) is 20.9. The fourth-order valence-electron chi connectivity index (χ4n) is 4.40. The third-order valence-corrected chi connectivity index (χ3v) is 5.80. The Hall–Kier alpha value is -0.870. The Labute approximate surface area is 113 Å². The molecule has 0 radical (unpaired) electrons. The lowest BCUT2D eigenvalue weighted by Gasteiger charge is -2.55. The second-order valence-electron chi connectivity index (χ2n) is 6.66. The molecule has 7 atom stereocenters. The number of aliphatic hydroxyl groups excluding tert-OH is 2. The zero-order valence-corrected chi connectivity index (χ0v) is 11.5. The first-order valence-corrected chi connectivity index (χ1v) is 7.11. The second kappa shape index (κ2) is 4.06. The molecule has 4 heteroatoms. The summed E-state index contributed by atoms with van der Waals surface area (Å²) in [5.41, 5.74) is 0.365. The minimum atomic E-state index is -0.638. The van der Waals surface area contributed by atoms with Gasteiger partial charge >= 0.3 is 5.97 Å². The second-order valence-corrected chi connectivity index (χ2v) is 6.66. The van der Waals surface area contributed by atoms with Gasteiger partial charge in [-0.05, 0) is 19.3 Å². The normalized spacial score (nSPS) is 53.5. The number of rotatable bonds is 0. The van der Waals surface area contributed by atoms with Crippen molar-refractivity contribution in [1.29, 1.82) is 0 Å². The third kappa shape index (κ3) is 1.56. The van der Waals surface area contributed by atoms with Gasteiger partial charge in [-0.1, -0.05) is 26.0 Å².